The number of halogens is 1. The maximum atomic E-state index is 11.8. The monoisotopic (exact) mass is 305 g/mol. The third-order valence-corrected chi connectivity index (χ3v) is 2.78. The van der Waals surface area contributed by atoms with Crippen LogP contribution in [0, 0.1) is 0 Å². The first kappa shape index (κ1) is 14.8. The van der Waals surface area contributed by atoms with Crippen molar-refractivity contribution in [2.75, 3.05) is 17.7 Å². The molecule has 0 fully saturated rings. The Labute approximate surface area is 126 Å². The lowest BCUT2D eigenvalue weighted by Gasteiger charge is -2.07. The molecule has 0 spiro atoms. The number of carbonyl (C=O) groups excluding carboxylic acids is 2. The Kier molecular flexibility index (Phi) is 4.73. The molecule has 2 rings (SSSR count). The summed E-state index contributed by atoms with van der Waals surface area (Å²) in [6, 6.07) is 9.26. The molecule has 0 radical (unpaired) electrons. The van der Waals surface area contributed by atoms with Crippen LogP contribution in [0.3, 0.4) is 0 Å². The molecular formula is C14H12ClN3O3. The van der Waals surface area contributed by atoms with Gasteiger partial charge in [-0.3, -0.25) is 5.32 Å². The topological polar surface area (TPSA) is 80.3 Å². The van der Waals surface area contributed by atoms with Gasteiger partial charge in [0, 0.05) is 16.9 Å². The molecule has 6 nitrogen and oxygen atoms in total. The van der Waals surface area contributed by atoms with E-state index in [2.05, 4.69) is 20.4 Å². The van der Waals surface area contributed by atoms with Gasteiger partial charge in [0.2, 0.25) is 0 Å². The zero-order valence-electron chi connectivity index (χ0n) is 11.1. The van der Waals surface area contributed by atoms with Gasteiger partial charge in [-0.15, -0.1) is 0 Å². The lowest BCUT2D eigenvalue weighted by Crippen LogP contribution is -2.20. The van der Waals surface area contributed by atoms with Crippen LogP contribution < -0.4 is 10.6 Å². The Balaban J connectivity index is 1.96. The molecule has 0 unspecified atom stereocenters. The number of pyridine rings is 1. The molecule has 2 amide bonds. The van der Waals surface area contributed by atoms with Crippen molar-refractivity contribution < 1.29 is 14.3 Å². The normalized spacial score (nSPS) is 9.81. The largest absolute Gasteiger partial charge is 0.465 e. The highest BCUT2D eigenvalue weighted by atomic mass is 35.5. The lowest BCUT2D eigenvalue weighted by molar-refractivity contribution is 0.0600. The third-order valence-electron chi connectivity index (χ3n) is 2.53. The predicted octanol–water partition coefficient (Wildman–Crippen LogP) is 3.17. The number of methoxy groups -OCH3 is 1. The molecule has 0 aliphatic rings. The van der Waals surface area contributed by atoms with E-state index in [1.54, 1.807) is 24.3 Å². The fourth-order valence-electron chi connectivity index (χ4n) is 1.52. The summed E-state index contributed by atoms with van der Waals surface area (Å²) in [6.07, 6.45) is 1.32. The van der Waals surface area contributed by atoms with Crippen LogP contribution in [0.4, 0.5) is 16.3 Å². The number of anilines is 2. The highest BCUT2D eigenvalue weighted by Crippen LogP contribution is 2.14. The van der Waals surface area contributed by atoms with Crippen LogP contribution in [-0.4, -0.2) is 24.1 Å². The minimum atomic E-state index is -0.486. The summed E-state index contributed by atoms with van der Waals surface area (Å²) < 4.78 is 4.56. The third kappa shape index (κ3) is 4.19. The fourth-order valence-corrected chi connectivity index (χ4v) is 1.64. The summed E-state index contributed by atoms with van der Waals surface area (Å²) in [4.78, 5) is 26.9. The molecular weight excluding hydrogens is 294 g/mol. The molecule has 0 saturated carbocycles. The molecule has 108 valence electrons. The molecule has 21 heavy (non-hydrogen) atoms. The second kappa shape index (κ2) is 6.71. The Morgan fingerprint density at radius 2 is 1.81 bits per heavy atom. The predicted molar refractivity (Wildman–Crippen MR) is 79.7 cm³/mol. The van der Waals surface area contributed by atoms with E-state index in [0.29, 0.717) is 22.1 Å². The van der Waals surface area contributed by atoms with E-state index >= 15 is 0 Å². The van der Waals surface area contributed by atoms with Crippen LogP contribution in [0.15, 0.2) is 42.6 Å². The van der Waals surface area contributed by atoms with Gasteiger partial charge in [0.15, 0.2) is 0 Å². The number of nitrogens with one attached hydrogen (secondary N) is 2. The first-order valence-corrected chi connectivity index (χ1v) is 6.34. The van der Waals surface area contributed by atoms with Gasteiger partial charge in [-0.1, -0.05) is 11.6 Å². The SMILES string of the molecule is COC(=O)c1ccc(NC(=O)Nc2ccc(Cl)cc2)nc1. The van der Waals surface area contributed by atoms with Gasteiger partial charge in [0.05, 0.1) is 12.7 Å². The minimum Gasteiger partial charge on any atom is -0.465 e. The number of nitrogens with zero attached hydrogens (tertiary/aromatic N) is 1. The molecule has 2 aromatic rings. The van der Waals surface area contributed by atoms with E-state index in [-0.39, 0.29) is 0 Å². The molecule has 0 atom stereocenters. The summed E-state index contributed by atoms with van der Waals surface area (Å²) >= 11 is 5.75. The molecule has 2 N–H and O–H groups in total. The minimum absolute atomic E-state index is 0.307. The van der Waals surface area contributed by atoms with Crippen LogP contribution >= 0.6 is 11.6 Å². The number of amides is 2. The summed E-state index contributed by atoms with van der Waals surface area (Å²) in [5.41, 5.74) is 0.907. The first-order valence-electron chi connectivity index (χ1n) is 5.96. The van der Waals surface area contributed by atoms with Gasteiger partial charge in [-0.25, -0.2) is 14.6 Å². The zero-order valence-corrected chi connectivity index (χ0v) is 11.8. The molecule has 0 aliphatic heterocycles. The van der Waals surface area contributed by atoms with E-state index < -0.39 is 12.0 Å². The van der Waals surface area contributed by atoms with Gasteiger partial charge < -0.3 is 10.1 Å². The molecule has 1 heterocycles. The number of rotatable bonds is 3. The standard InChI is InChI=1S/C14H12ClN3O3/c1-21-13(19)9-2-7-12(16-8-9)18-14(20)17-11-5-3-10(15)4-6-11/h2-8H,1H3,(H2,16,17,18,20). The van der Waals surface area contributed by atoms with Crippen molar-refractivity contribution in [3.05, 3.63) is 53.2 Å². The smallest absolute Gasteiger partial charge is 0.339 e. The average Bonchev–Trinajstić information content (AvgIpc) is 2.49. The average molecular weight is 306 g/mol. The number of hydrogen-bond donors (Lipinski definition) is 2. The van der Waals surface area contributed by atoms with Crippen LogP contribution in [0.5, 0.6) is 0 Å². The molecule has 1 aromatic carbocycles. The van der Waals surface area contributed by atoms with Gasteiger partial charge >= 0.3 is 12.0 Å². The quantitative estimate of drug-likeness (QED) is 0.854. The van der Waals surface area contributed by atoms with E-state index in [4.69, 9.17) is 11.6 Å². The van der Waals surface area contributed by atoms with Crippen molar-refractivity contribution in [2.24, 2.45) is 0 Å². The van der Waals surface area contributed by atoms with Gasteiger partial charge in [0.1, 0.15) is 5.82 Å². The van der Waals surface area contributed by atoms with Gasteiger partial charge in [-0.2, -0.15) is 0 Å². The molecule has 1 aromatic heterocycles. The highest BCUT2D eigenvalue weighted by Gasteiger charge is 2.07. The van der Waals surface area contributed by atoms with Crippen LogP contribution in [0.1, 0.15) is 10.4 Å². The van der Waals surface area contributed by atoms with E-state index in [1.165, 1.54) is 25.4 Å². The second-order valence-electron chi connectivity index (χ2n) is 4.01. The van der Waals surface area contributed by atoms with Crippen molar-refractivity contribution >= 4 is 35.1 Å². The summed E-state index contributed by atoms with van der Waals surface area (Å²) in [7, 11) is 1.29. The van der Waals surface area contributed by atoms with Gasteiger partial charge in [0.25, 0.3) is 0 Å². The summed E-state index contributed by atoms with van der Waals surface area (Å²) in [5, 5.41) is 5.75. The second-order valence-corrected chi connectivity index (χ2v) is 4.45. The van der Waals surface area contributed by atoms with Crippen molar-refractivity contribution in [2.45, 2.75) is 0 Å². The number of benzene rings is 1. The van der Waals surface area contributed by atoms with Crippen molar-refractivity contribution in [3.8, 4) is 0 Å². The highest BCUT2D eigenvalue weighted by molar-refractivity contribution is 6.30. The summed E-state index contributed by atoms with van der Waals surface area (Å²) in [5.74, 6) is -0.172. The Morgan fingerprint density at radius 3 is 2.38 bits per heavy atom. The maximum absolute atomic E-state index is 11.8. The number of hydrogen-bond acceptors (Lipinski definition) is 4. The van der Waals surface area contributed by atoms with E-state index in [0.717, 1.165) is 0 Å². The van der Waals surface area contributed by atoms with Crippen molar-refractivity contribution in [3.63, 3.8) is 0 Å². The zero-order chi connectivity index (χ0) is 15.2. The van der Waals surface area contributed by atoms with E-state index in [9.17, 15) is 9.59 Å². The number of urea groups is 1. The van der Waals surface area contributed by atoms with Crippen molar-refractivity contribution in [1.82, 2.24) is 4.98 Å². The number of aromatic nitrogens is 1. The lowest BCUT2D eigenvalue weighted by atomic mass is 10.3. The van der Waals surface area contributed by atoms with Crippen molar-refractivity contribution in [1.29, 1.82) is 0 Å². The van der Waals surface area contributed by atoms with Crippen LogP contribution in [0.2, 0.25) is 5.02 Å². The Bertz CT molecular complexity index is 642. The van der Waals surface area contributed by atoms with E-state index in [1.807, 2.05) is 0 Å². The fraction of sp³-hybridized carbons (Fsp3) is 0.0714. The Hall–Kier alpha value is -2.60. The first-order chi connectivity index (χ1) is 10.1. The number of esters is 1. The molecule has 7 heteroatoms. The molecule has 0 saturated heterocycles. The van der Waals surface area contributed by atoms with Crippen LogP contribution in [-0.2, 0) is 4.74 Å². The number of carbonyl (C=O) groups is 2. The molecule has 0 aliphatic carbocycles. The number of ether oxygens (including phenoxy) is 1. The Morgan fingerprint density at radius 1 is 1.10 bits per heavy atom. The maximum Gasteiger partial charge on any atom is 0.339 e. The van der Waals surface area contributed by atoms with Gasteiger partial charge in [-0.05, 0) is 36.4 Å². The summed E-state index contributed by atoms with van der Waals surface area (Å²) in [6.45, 7) is 0. The molecule has 0 bridgehead atoms. The van der Waals surface area contributed by atoms with Crippen LogP contribution in [0.25, 0.3) is 0 Å².